The Morgan fingerprint density at radius 1 is 1.27 bits per heavy atom. The zero-order chi connectivity index (χ0) is 10.7. The fourth-order valence-corrected chi connectivity index (χ4v) is 2.17. The van der Waals surface area contributed by atoms with E-state index in [4.69, 9.17) is 10.2 Å². The first-order chi connectivity index (χ1) is 7.35. The first-order valence-corrected chi connectivity index (χ1v) is 5.45. The summed E-state index contributed by atoms with van der Waals surface area (Å²) in [6.45, 7) is -0.189. The topological polar surface area (TPSA) is 65.4 Å². The number of aromatic nitrogens is 1. The van der Waals surface area contributed by atoms with Crippen molar-refractivity contribution in [3.63, 3.8) is 0 Å². The van der Waals surface area contributed by atoms with E-state index in [0.29, 0.717) is 0 Å². The molecular formula is C10H12N2O2S. The van der Waals surface area contributed by atoms with Crippen LogP contribution in [-0.4, -0.2) is 33.8 Å². The van der Waals surface area contributed by atoms with Gasteiger partial charge in [-0.25, -0.2) is 0 Å². The number of nitrogens with one attached hydrogen (secondary N) is 1. The molecule has 0 unspecified atom stereocenters. The van der Waals surface area contributed by atoms with Crippen LogP contribution in [0.3, 0.4) is 0 Å². The maximum Gasteiger partial charge on any atom is 0.117 e. The SMILES string of the molecule is OCC(CO)Nc1snc2ccccc12. The third-order valence-corrected chi connectivity index (χ3v) is 2.97. The van der Waals surface area contributed by atoms with Crippen molar-refractivity contribution in [1.29, 1.82) is 0 Å². The highest BCUT2D eigenvalue weighted by Crippen LogP contribution is 2.27. The summed E-state index contributed by atoms with van der Waals surface area (Å²) in [7, 11) is 0. The quantitative estimate of drug-likeness (QED) is 0.726. The van der Waals surface area contributed by atoms with Gasteiger partial charge < -0.3 is 15.5 Å². The van der Waals surface area contributed by atoms with E-state index in [9.17, 15) is 0 Å². The Labute approximate surface area is 91.3 Å². The number of aliphatic hydroxyl groups excluding tert-OH is 2. The van der Waals surface area contributed by atoms with Gasteiger partial charge in [0.1, 0.15) is 5.00 Å². The molecule has 15 heavy (non-hydrogen) atoms. The maximum absolute atomic E-state index is 8.96. The summed E-state index contributed by atoms with van der Waals surface area (Å²) in [6, 6.07) is 7.45. The van der Waals surface area contributed by atoms with Crippen molar-refractivity contribution in [1.82, 2.24) is 4.37 Å². The lowest BCUT2D eigenvalue weighted by Gasteiger charge is -2.12. The van der Waals surface area contributed by atoms with Crippen molar-refractivity contribution in [3.8, 4) is 0 Å². The highest BCUT2D eigenvalue weighted by molar-refractivity contribution is 7.11. The average Bonchev–Trinajstić information content (AvgIpc) is 2.69. The minimum atomic E-state index is -0.325. The molecule has 2 aromatic rings. The van der Waals surface area contributed by atoms with Crippen LogP contribution in [0.2, 0.25) is 0 Å². The summed E-state index contributed by atoms with van der Waals surface area (Å²) in [4.78, 5) is 0. The van der Waals surface area contributed by atoms with Gasteiger partial charge in [0, 0.05) is 5.39 Å². The van der Waals surface area contributed by atoms with Gasteiger partial charge in [-0.15, -0.1) is 0 Å². The molecule has 4 nitrogen and oxygen atoms in total. The van der Waals surface area contributed by atoms with Crippen LogP contribution in [0.5, 0.6) is 0 Å². The lowest BCUT2D eigenvalue weighted by molar-refractivity contribution is 0.204. The van der Waals surface area contributed by atoms with Gasteiger partial charge >= 0.3 is 0 Å². The highest BCUT2D eigenvalue weighted by Gasteiger charge is 2.10. The van der Waals surface area contributed by atoms with Gasteiger partial charge in [-0.05, 0) is 23.7 Å². The molecule has 0 radical (unpaired) electrons. The van der Waals surface area contributed by atoms with E-state index in [-0.39, 0.29) is 19.3 Å². The molecule has 0 fully saturated rings. The minimum absolute atomic E-state index is 0.0945. The molecule has 0 saturated heterocycles. The van der Waals surface area contributed by atoms with E-state index in [2.05, 4.69) is 9.69 Å². The molecule has 1 aromatic carbocycles. The predicted octanol–water partition coefficient (Wildman–Crippen LogP) is 1.06. The van der Waals surface area contributed by atoms with Crippen LogP contribution >= 0.6 is 11.5 Å². The Hall–Kier alpha value is -1.17. The van der Waals surface area contributed by atoms with Crippen LogP contribution in [0.4, 0.5) is 5.00 Å². The molecule has 0 aliphatic carbocycles. The summed E-state index contributed by atoms with van der Waals surface area (Å²) < 4.78 is 4.26. The molecule has 2 rings (SSSR count). The molecule has 0 aliphatic heterocycles. The summed E-state index contributed by atoms with van der Waals surface area (Å²) in [5.74, 6) is 0. The number of benzene rings is 1. The summed E-state index contributed by atoms with van der Waals surface area (Å²) in [6.07, 6.45) is 0. The van der Waals surface area contributed by atoms with E-state index < -0.39 is 0 Å². The summed E-state index contributed by atoms with van der Waals surface area (Å²) in [5, 5.41) is 22.9. The number of hydrogen-bond acceptors (Lipinski definition) is 5. The van der Waals surface area contributed by atoms with Crippen molar-refractivity contribution < 1.29 is 10.2 Å². The van der Waals surface area contributed by atoms with Crippen LogP contribution < -0.4 is 5.32 Å². The Bertz CT molecular complexity index is 440. The van der Waals surface area contributed by atoms with Crippen LogP contribution in [-0.2, 0) is 0 Å². The second-order valence-corrected chi connectivity index (χ2v) is 4.01. The number of anilines is 1. The van der Waals surface area contributed by atoms with Gasteiger partial charge in [0.05, 0.1) is 24.8 Å². The second kappa shape index (κ2) is 4.57. The third-order valence-electron chi connectivity index (χ3n) is 2.16. The van der Waals surface area contributed by atoms with E-state index in [1.54, 1.807) is 0 Å². The molecular weight excluding hydrogens is 212 g/mol. The predicted molar refractivity (Wildman–Crippen MR) is 61.2 cm³/mol. The van der Waals surface area contributed by atoms with Gasteiger partial charge in [-0.2, -0.15) is 4.37 Å². The normalized spacial score (nSPS) is 11.1. The maximum atomic E-state index is 8.96. The lowest BCUT2D eigenvalue weighted by Crippen LogP contribution is -2.27. The Kier molecular flexibility index (Phi) is 3.15. The zero-order valence-corrected chi connectivity index (χ0v) is 8.87. The van der Waals surface area contributed by atoms with Gasteiger partial charge in [-0.3, -0.25) is 0 Å². The van der Waals surface area contributed by atoms with Gasteiger partial charge in [0.15, 0.2) is 0 Å². The zero-order valence-electron chi connectivity index (χ0n) is 8.05. The standard InChI is InChI=1S/C10H12N2O2S/c13-5-7(6-14)11-10-8-3-1-2-4-9(8)12-15-10/h1-4,7,11,13-14H,5-6H2. The fraction of sp³-hybridized carbons (Fsp3) is 0.300. The Morgan fingerprint density at radius 3 is 2.73 bits per heavy atom. The molecule has 1 aromatic heterocycles. The molecule has 5 heteroatoms. The average molecular weight is 224 g/mol. The molecule has 0 saturated carbocycles. The summed E-state index contributed by atoms with van der Waals surface area (Å²) >= 11 is 1.34. The lowest BCUT2D eigenvalue weighted by atomic mass is 10.2. The number of hydrogen-bond donors (Lipinski definition) is 3. The summed E-state index contributed by atoms with van der Waals surface area (Å²) in [5.41, 5.74) is 0.930. The third kappa shape index (κ3) is 2.09. The molecule has 1 heterocycles. The van der Waals surface area contributed by atoms with Crippen LogP contribution in [0, 0.1) is 0 Å². The van der Waals surface area contributed by atoms with E-state index in [0.717, 1.165) is 15.9 Å². The smallest absolute Gasteiger partial charge is 0.117 e. The van der Waals surface area contributed by atoms with Crippen LogP contribution in [0.1, 0.15) is 0 Å². The Balaban J connectivity index is 2.28. The first kappa shape index (κ1) is 10.4. The largest absolute Gasteiger partial charge is 0.394 e. The van der Waals surface area contributed by atoms with Gasteiger partial charge in [0.25, 0.3) is 0 Å². The van der Waals surface area contributed by atoms with Crippen LogP contribution in [0.25, 0.3) is 10.9 Å². The molecule has 3 N–H and O–H groups in total. The number of nitrogens with zero attached hydrogens (tertiary/aromatic N) is 1. The molecule has 0 bridgehead atoms. The van der Waals surface area contributed by atoms with E-state index in [1.165, 1.54) is 11.5 Å². The number of rotatable bonds is 4. The molecule has 0 spiro atoms. The molecule has 80 valence electrons. The highest BCUT2D eigenvalue weighted by atomic mass is 32.1. The molecule has 0 aliphatic rings. The van der Waals surface area contributed by atoms with Crippen molar-refractivity contribution in [2.75, 3.05) is 18.5 Å². The molecule has 0 atom stereocenters. The van der Waals surface area contributed by atoms with E-state index >= 15 is 0 Å². The second-order valence-electron chi connectivity index (χ2n) is 3.24. The van der Waals surface area contributed by atoms with Crippen molar-refractivity contribution in [2.45, 2.75) is 6.04 Å². The number of aliphatic hydroxyl groups is 2. The van der Waals surface area contributed by atoms with Crippen molar-refractivity contribution in [3.05, 3.63) is 24.3 Å². The Morgan fingerprint density at radius 2 is 2.00 bits per heavy atom. The van der Waals surface area contributed by atoms with Crippen LogP contribution in [0.15, 0.2) is 24.3 Å². The first-order valence-electron chi connectivity index (χ1n) is 4.68. The van der Waals surface area contributed by atoms with E-state index in [1.807, 2.05) is 24.3 Å². The fourth-order valence-electron chi connectivity index (χ4n) is 1.33. The van der Waals surface area contributed by atoms with Crippen molar-refractivity contribution >= 4 is 27.4 Å². The minimum Gasteiger partial charge on any atom is -0.394 e. The van der Waals surface area contributed by atoms with Gasteiger partial charge in [0.2, 0.25) is 0 Å². The molecule has 0 amide bonds. The monoisotopic (exact) mass is 224 g/mol. The van der Waals surface area contributed by atoms with Crippen molar-refractivity contribution in [2.24, 2.45) is 0 Å². The number of fused-ring (bicyclic) bond motifs is 1. The van der Waals surface area contributed by atoms with Gasteiger partial charge in [-0.1, -0.05) is 12.1 Å².